The molecule has 0 aromatic heterocycles. The minimum absolute atomic E-state index is 0. The molecule has 0 saturated heterocycles. The summed E-state index contributed by atoms with van der Waals surface area (Å²) < 4.78 is 4.37. The molecule has 9 heavy (non-hydrogen) atoms. The standard InChI is InChI=1S/C4H9BO2.2CH4/c1-5(2)4(6)7-3;;/h1-3H3;2*1H4. The Labute approximate surface area is 58.7 Å². The molecule has 0 aliphatic rings. The van der Waals surface area contributed by atoms with E-state index in [-0.39, 0.29) is 27.4 Å². The van der Waals surface area contributed by atoms with Gasteiger partial charge in [0.2, 0.25) is 0 Å². The summed E-state index contributed by atoms with van der Waals surface area (Å²) in [6, 6.07) is 0. The molecule has 0 aliphatic heterocycles. The molecular weight excluding hydrogens is 115 g/mol. The molecule has 0 amide bonds. The second-order valence-electron chi connectivity index (χ2n) is 1.68. The van der Waals surface area contributed by atoms with E-state index in [2.05, 4.69) is 4.74 Å². The highest BCUT2D eigenvalue weighted by Crippen LogP contribution is 1.83. The zero-order valence-electron chi connectivity index (χ0n) is 4.89. The Kier molecular flexibility index (Phi) is 13.2. The molecule has 56 valence electrons. The largest absolute Gasteiger partial charge is 0.477 e. The van der Waals surface area contributed by atoms with Gasteiger partial charge in [-0.15, -0.1) is 0 Å². The molecule has 0 aliphatic carbocycles. The third-order valence-corrected chi connectivity index (χ3v) is 0.673. The molecule has 0 radical (unpaired) electrons. The average Bonchev–Trinajstić information content (AvgIpc) is 1.65. The Hall–Kier alpha value is -0.465. The van der Waals surface area contributed by atoms with E-state index in [9.17, 15) is 4.79 Å². The third kappa shape index (κ3) is 7.53. The van der Waals surface area contributed by atoms with Crippen LogP contribution in [0.15, 0.2) is 0 Å². The smallest absolute Gasteiger partial charge is 0.271 e. The Morgan fingerprint density at radius 2 is 1.67 bits per heavy atom. The van der Waals surface area contributed by atoms with Crippen molar-refractivity contribution in [1.29, 1.82) is 0 Å². The highest BCUT2D eigenvalue weighted by molar-refractivity contribution is 6.86. The summed E-state index contributed by atoms with van der Waals surface area (Å²) in [4.78, 5) is 10.3. The predicted molar refractivity (Wildman–Crippen MR) is 43.3 cm³/mol. The summed E-state index contributed by atoms with van der Waals surface area (Å²) in [6.07, 6.45) is 0. The number of carbonyl (C=O) groups is 1. The lowest BCUT2D eigenvalue weighted by Gasteiger charge is -1.94. The molecule has 0 N–H and O–H groups in total. The summed E-state index contributed by atoms with van der Waals surface area (Å²) in [5.74, 6) is -0.153. The summed E-state index contributed by atoms with van der Waals surface area (Å²) in [6.45, 7) is 3.60. The van der Waals surface area contributed by atoms with Crippen molar-refractivity contribution in [1.82, 2.24) is 0 Å². The van der Waals surface area contributed by atoms with E-state index >= 15 is 0 Å². The lowest BCUT2D eigenvalue weighted by Crippen LogP contribution is -2.16. The fourth-order valence-electron chi connectivity index (χ4n) is 0.236. The Morgan fingerprint density at radius 3 is 1.67 bits per heavy atom. The number of ether oxygens (including phenoxy) is 1. The van der Waals surface area contributed by atoms with E-state index in [0.717, 1.165) is 0 Å². The lowest BCUT2D eigenvalue weighted by atomic mass is 9.55. The first-order chi connectivity index (χ1) is 3.18. The van der Waals surface area contributed by atoms with Gasteiger partial charge in [-0.25, -0.2) is 0 Å². The van der Waals surface area contributed by atoms with Crippen LogP contribution in [0, 0.1) is 0 Å². The molecular formula is C6H17BO2. The van der Waals surface area contributed by atoms with Gasteiger partial charge in [0, 0.05) is 0 Å². The van der Waals surface area contributed by atoms with Crippen LogP contribution in [-0.2, 0) is 4.74 Å². The van der Waals surface area contributed by atoms with Crippen LogP contribution in [0.1, 0.15) is 14.9 Å². The normalized spacial score (nSPS) is 6.11. The quantitative estimate of drug-likeness (QED) is 0.512. The van der Waals surface area contributed by atoms with Gasteiger partial charge in [0.1, 0.15) is 0 Å². The van der Waals surface area contributed by atoms with Gasteiger partial charge in [0.25, 0.3) is 12.6 Å². The fourth-order valence-corrected chi connectivity index (χ4v) is 0.236. The maximum atomic E-state index is 10.3. The van der Waals surface area contributed by atoms with Gasteiger partial charge in [-0.2, -0.15) is 0 Å². The number of hydrogen-bond donors (Lipinski definition) is 0. The van der Waals surface area contributed by atoms with Crippen molar-refractivity contribution in [3.05, 3.63) is 0 Å². The van der Waals surface area contributed by atoms with Crippen molar-refractivity contribution in [2.45, 2.75) is 28.5 Å². The molecule has 0 atom stereocenters. The molecule has 0 fully saturated rings. The van der Waals surface area contributed by atoms with E-state index in [4.69, 9.17) is 0 Å². The SMILES string of the molecule is C.C.COC(=O)B(C)C. The van der Waals surface area contributed by atoms with Gasteiger partial charge < -0.3 is 4.74 Å². The van der Waals surface area contributed by atoms with Gasteiger partial charge in [-0.1, -0.05) is 28.5 Å². The highest BCUT2D eigenvalue weighted by atomic mass is 16.5. The molecule has 0 aromatic rings. The van der Waals surface area contributed by atoms with Gasteiger partial charge in [-0.3, -0.25) is 4.79 Å². The van der Waals surface area contributed by atoms with Crippen molar-refractivity contribution in [2.24, 2.45) is 0 Å². The molecule has 0 heterocycles. The van der Waals surface area contributed by atoms with E-state index in [1.807, 2.05) is 0 Å². The Balaban J connectivity index is -0.000000180. The maximum Gasteiger partial charge on any atom is 0.271 e. The minimum Gasteiger partial charge on any atom is -0.477 e. The van der Waals surface area contributed by atoms with Crippen LogP contribution in [0.4, 0.5) is 4.79 Å². The molecule has 2 nitrogen and oxygen atoms in total. The predicted octanol–water partition coefficient (Wildman–Crippen LogP) is 2.36. The van der Waals surface area contributed by atoms with Crippen LogP contribution in [-0.4, -0.2) is 19.7 Å². The minimum atomic E-state index is -0.153. The van der Waals surface area contributed by atoms with Gasteiger partial charge >= 0.3 is 0 Å². The van der Waals surface area contributed by atoms with Crippen molar-refractivity contribution in [2.75, 3.05) is 7.11 Å². The first-order valence-electron chi connectivity index (χ1n) is 2.26. The van der Waals surface area contributed by atoms with Crippen molar-refractivity contribution in [3.63, 3.8) is 0 Å². The molecule has 3 heteroatoms. The van der Waals surface area contributed by atoms with Crippen LogP contribution in [0.25, 0.3) is 0 Å². The third-order valence-electron chi connectivity index (χ3n) is 0.673. The van der Waals surface area contributed by atoms with E-state index in [1.54, 1.807) is 13.6 Å². The first-order valence-corrected chi connectivity index (χ1v) is 2.26. The second-order valence-corrected chi connectivity index (χ2v) is 1.68. The van der Waals surface area contributed by atoms with E-state index < -0.39 is 0 Å². The van der Waals surface area contributed by atoms with E-state index in [0.29, 0.717) is 0 Å². The topological polar surface area (TPSA) is 26.3 Å². The lowest BCUT2D eigenvalue weighted by molar-refractivity contribution is 0.197. The number of carbonyl (C=O) groups excluding carboxylic acids is 1. The highest BCUT2D eigenvalue weighted by Gasteiger charge is 2.08. The van der Waals surface area contributed by atoms with Crippen molar-refractivity contribution >= 4 is 12.6 Å². The summed E-state index contributed by atoms with van der Waals surface area (Å²) in [5.41, 5.74) is 0. The van der Waals surface area contributed by atoms with Crippen LogP contribution < -0.4 is 0 Å². The maximum absolute atomic E-state index is 10.3. The molecule has 0 unspecified atom stereocenters. The van der Waals surface area contributed by atoms with Gasteiger partial charge in [0.05, 0.1) is 7.11 Å². The van der Waals surface area contributed by atoms with Crippen molar-refractivity contribution < 1.29 is 9.53 Å². The van der Waals surface area contributed by atoms with Crippen LogP contribution >= 0.6 is 0 Å². The monoisotopic (exact) mass is 132 g/mol. The summed E-state index contributed by atoms with van der Waals surface area (Å²) in [7, 11) is 1.39. The van der Waals surface area contributed by atoms with Crippen molar-refractivity contribution in [3.8, 4) is 0 Å². The number of methoxy groups -OCH3 is 1. The second kappa shape index (κ2) is 7.53. The number of hydrogen-bond acceptors (Lipinski definition) is 2. The van der Waals surface area contributed by atoms with Crippen LogP contribution in [0.2, 0.25) is 13.6 Å². The Morgan fingerprint density at radius 1 is 1.33 bits per heavy atom. The molecule has 0 saturated carbocycles. The molecule has 0 aromatic carbocycles. The molecule has 0 spiro atoms. The molecule has 0 bridgehead atoms. The zero-order valence-corrected chi connectivity index (χ0v) is 4.89. The van der Waals surface area contributed by atoms with Gasteiger partial charge in [-0.05, 0) is 0 Å². The van der Waals surface area contributed by atoms with Crippen LogP contribution in [0.5, 0.6) is 0 Å². The fraction of sp³-hybridized carbons (Fsp3) is 0.833. The van der Waals surface area contributed by atoms with Gasteiger partial charge in [0.15, 0.2) is 0 Å². The average molecular weight is 132 g/mol. The molecule has 0 rings (SSSR count). The Bertz CT molecular complexity index is 71.5. The number of rotatable bonds is 1. The van der Waals surface area contributed by atoms with Crippen LogP contribution in [0.3, 0.4) is 0 Å². The summed E-state index contributed by atoms with van der Waals surface area (Å²) >= 11 is 0. The summed E-state index contributed by atoms with van der Waals surface area (Å²) in [5, 5.41) is 0. The zero-order chi connectivity index (χ0) is 5.86. The first kappa shape index (κ1) is 15.8. The van der Waals surface area contributed by atoms with E-state index in [1.165, 1.54) is 7.11 Å².